The van der Waals surface area contributed by atoms with Crippen LogP contribution in [0.5, 0.6) is 5.75 Å². The predicted molar refractivity (Wildman–Crippen MR) is 205 cm³/mol. The Morgan fingerprint density at radius 3 is 1.96 bits per heavy atom. The molecule has 4 aromatic rings. The molecule has 3 heteroatoms. The topological polar surface area (TPSA) is 40.5 Å². The Labute approximate surface area is 290 Å². The van der Waals surface area contributed by atoms with Crippen LogP contribution in [0.15, 0.2) is 84.9 Å². The number of hydrogen-bond acceptors (Lipinski definition) is 2. The Bertz CT molecular complexity index is 1590. The van der Waals surface area contributed by atoms with Crippen LogP contribution in [0.25, 0.3) is 22.3 Å². The van der Waals surface area contributed by atoms with E-state index in [9.17, 15) is 14.6 Å². The minimum atomic E-state index is -0.847. The first-order chi connectivity index (χ1) is 22.9. The number of rotatable bonds is 9. The van der Waals surface area contributed by atoms with Crippen molar-refractivity contribution in [2.24, 2.45) is 5.92 Å². The van der Waals surface area contributed by atoms with Crippen LogP contribution in [0.2, 0.25) is 0 Å². The van der Waals surface area contributed by atoms with Crippen molar-refractivity contribution in [3.05, 3.63) is 124 Å². The number of aliphatic hydroxyl groups is 1. The second-order valence-corrected chi connectivity index (χ2v) is 13.9. The molecule has 0 bridgehead atoms. The zero-order chi connectivity index (χ0) is 35.3. The molecule has 0 spiro atoms. The number of hydrogen-bond donors (Lipinski definition) is 2. The van der Waals surface area contributed by atoms with E-state index in [0.29, 0.717) is 0 Å². The van der Waals surface area contributed by atoms with Gasteiger partial charge in [-0.05, 0) is 133 Å². The third-order valence-corrected chi connectivity index (χ3v) is 9.53. The fourth-order valence-corrected chi connectivity index (χ4v) is 6.17. The van der Waals surface area contributed by atoms with E-state index in [2.05, 4.69) is 83.1 Å². The van der Waals surface area contributed by atoms with E-state index in [1.807, 2.05) is 45.0 Å². The lowest BCUT2D eigenvalue weighted by molar-refractivity contribution is 0.0786. The highest BCUT2D eigenvalue weighted by Gasteiger charge is 2.22. The molecule has 0 radical (unpaired) electrons. The van der Waals surface area contributed by atoms with E-state index in [1.54, 1.807) is 12.1 Å². The van der Waals surface area contributed by atoms with Gasteiger partial charge in [-0.3, -0.25) is 4.39 Å². The summed E-state index contributed by atoms with van der Waals surface area (Å²) in [4.78, 5) is 0. The monoisotopic (exact) mass is 650 g/mol. The SMILES string of the molecule is CCCC(C)CC.CCCCF.Cc1cccc(C2=C(c3ccc(O)cc3)c3ccc(-c4ccc(C(C)(C)O)cc4)cc3CCC2)c1C. The second-order valence-electron chi connectivity index (χ2n) is 13.9. The fourth-order valence-electron chi connectivity index (χ4n) is 6.17. The number of benzene rings is 4. The zero-order valence-corrected chi connectivity index (χ0v) is 30.8. The number of unbranched alkanes of at least 4 members (excludes halogenated alkanes) is 1. The summed E-state index contributed by atoms with van der Waals surface area (Å²) in [6.07, 6.45) is 8.87. The Kier molecular flexibility index (Phi) is 15.1. The Balaban J connectivity index is 0.000000447. The molecule has 0 heterocycles. The normalized spacial score (nSPS) is 13.4. The molecular formula is C45H59FO2. The number of allylic oxidation sites excluding steroid dienone is 1. The van der Waals surface area contributed by atoms with Crippen molar-refractivity contribution in [3.8, 4) is 16.9 Å². The highest BCUT2D eigenvalue weighted by molar-refractivity contribution is 6.00. The number of fused-ring (bicyclic) bond motifs is 1. The van der Waals surface area contributed by atoms with Gasteiger partial charge in [-0.1, -0.05) is 126 Å². The summed E-state index contributed by atoms with van der Waals surface area (Å²) in [5.74, 6) is 1.23. The third kappa shape index (κ3) is 10.7. The van der Waals surface area contributed by atoms with Gasteiger partial charge in [0.2, 0.25) is 0 Å². The van der Waals surface area contributed by atoms with Crippen LogP contribution in [0.3, 0.4) is 0 Å². The van der Waals surface area contributed by atoms with E-state index in [0.717, 1.165) is 54.7 Å². The molecule has 4 aromatic carbocycles. The van der Waals surface area contributed by atoms with Gasteiger partial charge < -0.3 is 10.2 Å². The van der Waals surface area contributed by atoms with Crippen LogP contribution >= 0.6 is 0 Å². The number of aromatic hydroxyl groups is 1. The molecule has 258 valence electrons. The van der Waals surface area contributed by atoms with Gasteiger partial charge in [0.1, 0.15) is 5.75 Å². The predicted octanol–water partition coefficient (Wildman–Crippen LogP) is 12.8. The lowest BCUT2D eigenvalue weighted by Gasteiger charge is -2.20. The molecule has 0 aliphatic heterocycles. The van der Waals surface area contributed by atoms with Gasteiger partial charge in [0.15, 0.2) is 0 Å². The van der Waals surface area contributed by atoms with Crippen LogP contribution in [0, 0.1) is 19.8 Å². The smallest absolute Gasteiger partial charge is 0.115 e. The lowest BCUT2D eigenvalue weighted by Crippen LogP contribution is -2.14. The minimum absolute atomic E-state index is 0.156. The summed E-state index contributed by atoms with van der Waals surface area (Å²) in [5, 5.41) is 20.3. The standard InChI is InChI=1S/C34H34O2.C7H16.C4H9F/c1-22-7-5-9-30(23(22)2)32-10-6-8-27-21-26(24-11-16-28(17-12-24)34(3,4)36)15-20-31(27)33(32)25-13-18-29(35)19-14-25;1-4-6-7(3)5-2;1-2-3-4-5/h5,7,9,11-21,35-36H,6,8,10H2,1-4H3;7H,4-6H2,1-3H3;2-4H2,1H3. The van der Waals surface area contributed by atoms with Crippen molar-refractivity contribution in [3.63, 3.8) is 0 Å². The molecule has 2 nitrogen and oxygen atoms in total. The van der Waals surface area contributed by atoms with Crippen LogP contribution in [-0.2, 0) is 12.0 Å². The van der Waals surface area contributed by atoms with E-state index in [1.165, 1.54) is 63.8 Å². The van der Waals surface area contributed by atoms with Crippen molar-refractivity contribution >= 4 is 11.1 Å². The molecule has 5 rings (SSSR count). The van der Waals surface area contributed by atoms with E-state index in [-0.39, 0.29) is 12.4 Å². The average Bonchev–Trinajstić information content (AvgIpc) is 3.26. The zero-order valence-electron chi connectivity index (χ0n) is 30.8. The molecule has 48 heavy (non-hydrogen) atoms. The number of phenolic OH excluding ortho intramolecular Hbond substituents is 1. The number of aryl methyl sites for hydroxylation is 2. The van der Waals surface area contributed by atoms with Gasteiger partial charge in [0.25, 0.3) is 0 Å². The lowest BCUT2D eigenvalue weighted by atomic mass is 9.85. The average molecular weight is 651 g/mol. The minimum Gasteiger partial charge on any atom is -0.508 e. The molecule has 0 fully saturated rings. The second kappa shape index (κ2) is 18.7. The molecule has 0 amide bonds. The largest absolute Gasteiger partial charge is 0.508 e. The fraction of sp³-hybridized carbons (Fsp3) is 0.422. The molecule has 1 aliphatic rings. The maximum atomic E-state index is 11.0. The van der Waals surface area contributed by atoms with Crippen LogP contribution in [0.1, 0.15) is 125 Å². The summed E-state index contributed by atoms with van der Waals surface area (Å²) in [6.45, 7) is 16.6. The van der Waals surface area contributed by atoms with Crippen LogP contribution in [-0.4, -0.2) is 16.9 Å². The van der Waals surface area contributed by atoms with Crippen molar-refractivity contribution < 1.29 is 14.6 Å². The first kappa shape index (κ1) is 38.8. The van der Waals surface area contributed by atoms with E-state index >= 15 is 0 Å². The van der Waals surface area contributed by atoms with Crippen molar-refractivity contribution in [2.75, 3.05) is 6.67 Å². The Morgan fingerprint density at radius 2 is 1.42 bits per heavy atom. The van der Waals surface area contributed by atoms with Gasteiger partial charge in [0.05, 0.1) is 12.3 Å². The third-order valence-electron chi connectivity index (χ3n) is 9.53. The van der Waals surface area contributed by atoms with Crippen molar-refractivity contribution in [2.45, 2.75) is 112 Å². The highest BCUT2D eigenvalue weighted by atomic mass is 19.1. The maximum Gasteiger partial charge on any atom is 0.115 e. The van der Waals surface area contributed by atoms with E-state index < -0.39 is 5.60 Å². The van der Waals surface area contributed by atoms with E-state index in [4.69, 9.17) is 0 Å². The first-order valence-corrected chi connectivity index (χ1v) is 18.1. The number of halogens is 1. The van der Waals surface area contributed by atoms with Crippen LogP contribution in [0.4, 0.5) is 4.39 Å². The van der Waals surface area contributed by atoms with Gasteiger partial charge in [0, 0.05) is 0 Å². The quantitative estimate of drug-likeness (QED) is 0.189. The Hall–Kier alpha value is -3.69. The summed E-state index contributed by atoms with van der Waals surface area (Å²) in [6, 6.07) is 29.3. The summed E-state index contributed by atoms with van der Waals surface area (Å²) in [5.41, 5.74) is 12.8. The summed E-state index contributed by atoms with van der Waals surface area (Å²) >= 11 is 0. The molecule has 0 saturated carbocycles. The molecule has 1 aliphatic carbocycles. The molecule has 2 N–H and O–H groups in total. The maximum absolute atomic E-state index is 11.0. The van der Waals surface area contributed by atoms with Gasteiger partial charge in [-0.15, -0.1) is 0 Å². The van der Waals surface area contributed by atoms with Gasteiger partial charge in [-0.2, -0.15) is 0 Å². The van der Waals surface area contributed by atoms with Gasteiger partial charge >= 0.3 is 0 Å². The van der Waals surface area contributed by atoms with Crippen LogP contribution < -0.4 is 0 Å². The van der Waals surface area contributed by atoms with Crippen molar-refractivity contribution in [1.82, 2.24) is 0 Å². The van der Waals surface area contributed by atoms with Crippen molar-refractivity contribution in [1.29, 1.82) is 0 Å². The summed E-state index contributed by atoms with van der Waals surface area (Å²) < 4.78 is 11.0. The molecule has 0 aromatic heterocycles. The van der Waals surface area contributed by atoms with Gasteiger partial charge in [-0.25, -0.2) is 0 Å². The Morgan fingerprint density at radius 1 is 0.771 bits per heavy atom. The summed E-state index contributed by atoms with van der Waals surface area (Å²) in [7, 11) is 0. The first-order valence-electron chi connectivity index (χ1n) is 18.1. The number of phenols is 1. The molecular weight excluding hydrogens is 591 g/mol. The molecule has 0 saturated heterocycles. The number of alkyl halides is 1. The highest BCUT2D eigenvalue weighted by Crippen LogP contribution is 2.42. The molecule has 1 atom stereocenters. The molecule has 1 unspecified atom stereocenters.